The van der Waals surface area contributed by atoms with E-state index in [2.05, 4.69) is 9.88 Å². The summed E-state index contributed by atoms with van der Waals surface area (Å²) in [7, 11) is 0. The van der Waals surface area contributed by atoms with Crippen LogP contribution < -0.4 is 4.90 Å². The number of amides is 1. The minimum Gasteiger partial charge on any atom is -0.465 e. The fourth-order valence-electron chi connectivity index (χ4n) is 2.37. The molecule has 0 atom stereocenters. The average molecular weight is 249 g/mol. The number of carboxylic acid groups (broad SMARTS) is 1. The van der Waals surface area contributed by atoms with Gasteiger partial charge in [-0.2, -0.15) is 0 Å². The van der Waals surface area contributed by atoms with Gasteiger partial charge in [0.15, 0.2) is 0 Å². The SMILES string of the molecule is O=C(O)N1Cc2cnc(N3CCOCC3)cc2C1. The molecule has 0 aromatic carbocycles. The first-order valence-corrected chi connectivity index (χ1v) is 6.02. The first-order chi connectivity index (χ1) is 8.74. The second-order valence-electron chi connectivity index (χ2n) is 4.55. The highest BCUT2D eigenvalue weighted by Crippen LogP contribution is 2.25. The minimum absolute atomic E-state index is 0.445. The van der Waals surface area contributed by atoms with Gasteiger partial charge in [-0.05, 0) is 17.2 Å². The molecule has 1 aromatic rings. The van der Waals surface area contributed by atoms with E-state index in [4.69, 9.17) is 9.84 Å². The molecule has 0 unspecified atom stereocenters. The lowest BCUT2D eigenvalue weighted by molar-refractivity contribution is 0.122. The minimum atomic E-state index is -0.876. The van der Waals surface area contributed by atoms with Crippen LogP contribution in [0.5, 0.6) is 0 Å². The van der Waals surface area contributed by atoms with Crippen LogP contribution >= 0.6 is 0 Å². The fourth-order valence-corrected chi connectivity index (χ4v) is 2.37. The molecule has 18 heavy (non-hydrogen) atoms. The highest BCUT2D eigenvalue weighted by atomic mass is 16.5. The molecule has 96 valence electrons. The van der Waals surface area contributed by atoms with Crippen LogP contribution in [0.1, 0.15) is 11.1 Å². The van der Waals surface area contributed by atoms with Gasteiger partial charge in [-0.1, -0.05) is 0 Å². The molecule has 0 spiro atoms. The predicted molar refractivity (Wildman–Crippen MR) is 64.5 cm³/mol. The summed E-state index contributed by atoms with van der Waals surface area (Å²) in [5.41, 5.74) is 2.07. The van der Waals surface area contributed by atoms with Gasteiger partial charge in [-0.25, -0.2) is 9.78 Å². The number of aromatic nitrogens is 1. The van der Waals surface area contributed by atoms with Gasteiger partial charge < -0.3 is 14.7 Å². The topological polar surface area (TPSA) is 65.9 Å². The molecule has 2 aliphatic heterocycles. The lowest BCUT2D eigenvalue weighted by Gasteiger charge is -2.28. The van der Waals surface area contributed by atoms with Crippen molar-refractivity contribution in [2.75, 3.05) is 31.2 Å². The van der Waals surface area contributed by atoms with Crippen molar-refractivity contribution in [2.24, 2.45) is 0 Å². The highest BCUT2D eigenvalue weighted by molar-refractivity contribution is 5.66. The zero-order chi connectivity index (χ0) is 12.5. The summed E-state index contributed by atoms with van der Waals surface area (Å²) in [6.07, 6.45) is 0.919. The van der Waals surface area contributed by atoms with E-state index in [0.717, 1.165) is 43.2 Å². The molecule has 3 heterocycles. The molecule has 3 rings (SSSR count). The zero-order valence-electron chi connectivity index (χ0n) is 10.0. The quantitative estimate of drug-likeness (QED) is 0.801. The van der Waals surface area contributed by atoms with E-state index >= 15 is 0 Å². The molecular weight excluding hydrogens is 234 g/mol. The number of anilines is 1. The van der Waals surface area contributed by atoms with Gasteiger partial charge in [0.05, 0.1) is 19.8 Å². The number of fused-ring (bicyclic) bond motifs is 1. The number of hydrogen-bond donors (Lipinski definition) is 1. The molecule has 0 saturated carbocycles. The molecule has 6 heteroatoms. The maximum absolute atomic E-state index is 10.9. The largest absolute Gasteiger partial charge is 0.465 e. The number of carbonyl (C=O) groups is 1. The Morgan fingerprint density at radius 1 is 1.28 bits per heavy atom. The van der Waals surface area contributed by atoms with E-state index in [0.29, 0.717) is 13.1 Å². The smallest absolute Gasteiger partial charge is 0.407 e. The summed E-state index contributed by atoms with van der Waals surface area (Å²) in [4.78, 5) is 18.9. The van der Waals surface area contributed by atoms with Crippen molar-refractivity contribution in [1.82, 2.24) is 9.88 Å². The number of morpholine rings is 1. The monoisotopic (exact) mass is 249 g/mol. The summed E-state index contributed by atoms with van der Waals surface area (Å²) >= 11 is 0. The van der Waals surface area contributed by atoms with Crippen molar-refractivity contribution >= 4 is 11.9 Å². The van der Waals surface area contributed by atoms with Gasteiger partial charge in [0.1, 0.15) is 5.82 Å². The Kier molecular flexibility index (Phi) is 2.79. The third-order valence-corrected chi connectivity index (χ3v) is 3.40. The van der Waals surface area contributed by atoms with Crippen molar-refractivity contribution in [3.63, 3.8) is 0 Å². The van der Waals surface area contributed by atoms with Crippen molar-refractivity contribution in [3.05, 3.63) is 23.4 Å². The van der Waals surface area contributed by atoms with Crippen molar-refractivity contribution in [2.45, 2.75) is 13.1 Å². The van der Waals surface area contributed by atoms with Crippen molar-refractivity contribution in [1.29, 1.82) is 0 Å². The number of rotatable bonds is 1. The molecule has 1 amide bonds. The van der Waals surface area contributed by atoms with E-state index in [9.17, 15) is 4.79 Å². The van der Waals surface area contributed by atoms with E-state index < -0.39 is 6.09 Å². The maximum Gasteiger partial charge on any atom is 0.407 e. The van der Waals surface area contributed by atoms with E-state index in [1.54, 1.807) is 6.20 Å². The lowest BCUT2D eigenvalue weighted by atomic mass is 10.2. The van der Waals surface area contributed by atoms with Crippen LogP contribution in [-0.4, -0.2) is 47.4 Å². The molecule has 0 bridgehead atoms. The van der Waals surface area contributed by atoms with Crippen LogP contribution in [0, 0.1) is 0 Å². The summed E-state index contributed by atoms with van der Waals surface area (Å²) < 4.78 is 5.31. The molecular formula is C12H15N3O3. The van der Waals surface area contributed by atoms with Crippen LogP contribution in [-0.2, 0) is 17.8 Å². The van der Waals surface area contributed by atoms with E-state index in [1.807, 2.05) is 6.07 Å². The van der Waals surface area contributed by atoms with E-state index in [-0.39, 0.29) is 0 Å². The fraction of sp³-hybridized carbons (Fsp3) is 0.500. The molecule has 0 aliphatic carbocycles. The van der Waals surface area contributed by atoms with Gasteiger partial charge in [0, 0.05) is 25.8 Å². The first kappa shape index (κ1) is 11.3. The number of nitrogens with zero attached hydrogens (tertiary/aromatic N) is 3. The number of ether oxygens (including phenoxy) is 1. The number of hydrogen-bond acceptors (Lipinski definition) is 4. The van der Waals surface area contributed by atoms with Gasteiger partial charge in [0.25, 0.3) is 0 Å². The van der Waals surface area contributed by atoms with Crippen LogP contribution in [0.3, 0.4) is 0 Å². The normalized spacial score (nSPS) is 18.9. The van der Waals surface area contributed by atoms with E-state index in [1.165, 1.54) is 4.90 Å². The molecule has 1 N–H and O–H groups in total. The Morgan fingerprint density at radius 2 is 2.00 bits per heavy atom. The Hall–Kier alpha value is -1.82. The summed E-state index contributed by atoms with van der Waals surface area (Å²) in [5, 5.41) is 8.98. The third kappa shape index (κ3) is 1.99. The Labute approximate surface area is 105 Å². The lowest BCUT2D eigenvalue weighted by Crippen LogP contribution is -2.36. The summed E-state index contributed by atoms with van der Waals surface area (Å²) in [5.74, 6) is 0.921. The zero-order valence-corrected chi connectivity index (χ0v) is 10.0. The summed E-state index contributed by atoms with van der Waals surface area (Å²) in [6.45, 7) is 4.04. The highest BCUT2D eigenvalue weighted by Gasteiger charge is 2.24. The molecule has 0 radical (unpaired) electrons. The van der Waals surface area contributed by atoms with Crippen molar-refractivity contribution in [3.8, 4) is 0 Å². The predicted octanol–water partition coefficient (Wildman–Crippen LogP) is 0.912. The Bertz CT molecular complexity index is 472. The Balaban J connectivity index is 1.80. The number of pyridine rings is 1. The second-order valence-corrected chi connectivity index (χ2v) is 4.55. The maximum atomic E-state index is 10.9. The van der Waals surface area contributed by atoms with Crippen molar-refractivity contribution < 1.29 is 14.6 Å². The first-order valence-electron chi connectivity index (χ1n) is 6.02. The van der Waals surface area contributed by atoms with Crippen LogP contribution in [0.15, 0.2) is 12.3 Å². The molecule has 1 saturated heterocycles. The van der Waals surface area contributed by atoms with Crippen LogP contribution in [0.25, 0.3) is 0 Å². The molecule has 1 fully saturated rings. The molecule has 2 aliphatic rings. The molecule has 6 nitrogen and oxygen atoms in total. The third-order valence-electron chi connectivity index (χ3n) is 3.40. The van der Waals surface area contributed by atoms with Gasteiger partial charge >= 0.3 is 6.09 Å². The van der Waals surface area contributed by atoms with Crippen LogP contribution in [0.2, 0.25) is 0 Å². The second kappa shape index (κ2) is 4.45. The van der Waals surface area contributed by atoms with Gasteiger partial charge in [-0.3, -0.25) is 4.90 Å². The molecule has 1 aromatic heterocycles. The van der Waals surface area contributed by atoms with Gasteiger partial charge in [0.2, 0.25) is 0 Å². The summed E-state index contributed by atoms with van der Waals surface area (Å²) in [6, 6.07) is 2.00. The standard InChI is InChI=1S/C12H15N3O3/c16-12(17)15-7-9-5-11(13-6-10(9)8-15)14-1-3-18-4-2-14/h5-6H,1-4,7-8H2,(H,16,17). The van der Waals surface area contributed by atoms with Crippen LogP contribution in [0.4, 0.5) is 10.6 Å². The van der Waals surface area contributed by atoms with Gasteiger partial charge in [-0.15, -0.1) is 0 Å². The Morgan fingerprint density at radius 3 is 2.72 bits per heavy atom. The average Bonchev–Trinajstić information content (AvgIpc) is 2.82.